The Bertz CT molecular complexity index is 550. The Morgan fingerprint density at radius 2 is 1.88 bits per heavy atom. The maximum atomic E-state index is 12.2. The first kappa shape index (κ1) is 23.2. The van der Waals surface area contributed by atoms with E-state index < -0.39 is 29.9 Å². The smallest absolute Gasteiger partial charge is 0.408 e. The van der Waals surface area contributed by atoms with Crippen molar-refractivity contribution in [3.05, 3.63) is 11.2 Å². The van der Waals surface area contributed by atoms with Gasteiger partial charge in [-0.2, -0.15) is 0 Å². The van der Waals surface area contributed by atoms with Gasteiger partial charge in [-0.3, -0.25) is 4.21 Å². The third kappa shape index (κ3) is 12.6. The first-order chi connectivity index (χ1) is 10.6. The van der Waals surface area contributed by atoms with E-state index in [-0.39, 0.29) is 25.2 Å². The maximum absolute atomic E-state index is 12.2. The summed E-state index contributed by atoms with van der Waals surface area (Å²) in [5, 5.41) is 13.6. The van der Waals surface area contributed by atoms with Gasteiger partial charge < -0.3 is 19.9 Å². The molecular weight excluding hydrogens is 449 g/mol. The van der Waals surface area contributed by atoms with E-state index >= 15 is 0 Å². The maximum Gasteiger partial charge on any atom is 0.408 e. The molecule has 0 aromatic heterocycles. The molecule has 7 nitrogen and oxygen atoms in total. The fourth-order valence-electron chi connectivity index (χ4n) is 1.67. The molecule has 0 aromatic rings. The zero-order chi connectivity index (χ0) is 19.2. The van der Waals surface area contributed by atoms with Gasteiger partial charge >= 0.3 is 12.1 Å². The van der Waals surface area contributed by atoms with Crippen LogP contribution in [0.3, 0.4) is 0 Å². The lowest BCUT2D eigenvalue weighted by atomic mass is 10.1. The molecule has 0 bridgehead atoms. The quantitative estimate of drug-likeness (QED) is 0.253. The van der Waals surface area contributed by atoms with E-state index in [1.807, 2.05) is 0 Å². The molecule has 0 aliphatic rings. The topological polar surface area (TPSA) is 102 Å². The number of carbonyl (C=O) groups is 2. The number of hydrogen-bond acceptors (Lipinski definition) is 6. The number of hydrogen-bond donors (Lipinski definition) is 2. The van der Waals surface area contributed by atoms with Gasteiger partial charge in [0.15, 0.2) is 0 Å². The highest BCUT2D eigenvalue weighted by Crippen LogP contribution is 2.30. The van der Waals surface area contributed by atoms with Crippen LogP contribution in [0.25, 0.3) is 0 Å². The van der Waals surface area contributed by atoms with Gasteiger partial charge in [0, 0.05) is 45.5 Å². The number of amides is 1. The summed E-state index contributed by atoms with van der Waals surface area (Å²) in [4.78, 5) is 23.8. The summed E-state index contributed by atoms with van der Waals surface area (Å²) in [6.07, 6.45) is -0.571. The van der Waals surface area contributed by atoms with E-state index in [1.54, 1.807) is 48.9 Å². The molecule has 0 fully saturated rings. The van der Waals surface area contributed by atoms with Gasteiger partial charge in [-0.05, 0) is 40.4 Å². The predicted octanol–water partition coefficient (Wildman–Crippen LogP) is 3.05. The number of aliphatic hydroxyl groups is 1. The van der Waals surface area contributed by atoms with Crippen LogP contribution >= 0.6 is 21.2 Å². The van der Waals surface area contributed by atoms with E-state index in [2.05, 4.69) is 5.32 Å². The van der Waals surface area contributed by atoms with Gasteiger partial charge in [0.1, 0.15) is 17.4 Å². The van der Waals surface area contributed by atoms with Crippen molar-refractivity contribution in [2.45, 2.75) is 52.2 Å². The molecule has 0 spiro atoms. The number of ether oxygens (including phenoxy) is 2. The molecule has 0 rings (SSSR count). The van der Waals surface area contributed by atoms with Gasteiger partial charge in [0.05, 0.1) is 6.61 Å². The summed E-state index contributed by atoms with van der Waals surface area (Å²) in [5.41, 5.74) is -0.699. The molecule has 24 heavy (non-hydrogen) atoms. The first-order valence-electron chi connectivity index (χ1n) is 7.49. The van der Waals surface area contributed by atoms with Gasteiger partial charge in [-0.15, -0.1) is 0 Å². The SMILES string of the molecule is CCOC(=O)[C@H](CC/C(O)=C/S(C)(C)(=O)I)NC(=O)OC(C)(C)C. The van der Waals surface area contributed by atoms with Crippen molar-refractivity contribution < 1.29 is 28.4 Å². The van der Waals surface area contributed by atoms with Crippen LogP contribution in [-0.4, -0.2) is 52.1 Å². The lowest BCUT2D eigenvalue weighted by Crippen LogP contribution is -2.44. The van der Waals surface area contributed by atoms with Crippen molar-refractivity contribution in [1.29, 1.82) is 0 Å². The molecule has 0 heterocycles. The van der Waals surface area contributed by atoms with Crippen molar-refractivity contribution >= 4 is 39.5 Å². The zero-order valence-electron chi connectivity index (χ0n) is 15.1. The number of esters is 1. The van der Waals surface area contributed by atoms with Crippen LogP contribution in [0.4, 0.5) is 4.79 Å². The van der Waals surface area contributed by atoms with Crippen LogP contribution in [0, 0.1) is 0 Å². The highest BCUT2D eigenvalue weighted by Gasteiger charge is 2.26. The molecule has 142 valence electrons. The van der Waals surface area contributed by atoms with Crippen molar-refractivity contribution in [3.8, 4) is 0 Å². The average Bonchev–Trinajstić information content (AvgIpc) is 2.29. The standard InChI is InChI=1S/C15H28INO6S/c1-7-22-13(19)12(17-14(20)23-15(2,3)4)9-8-11(18)10-24(5,6,16)21/h10,12,18H,7-9H2,1-6H3,(H,17,20)/b11-10-/t12-/m0/s1. The van der Waals surface area contributed by atoms with Crippen LogP contribution < -0.4 is 5.32 Å². The number of halogens is 1. The summed E-state index contributed by atoms with van der Waals surface area (Å²) in [6, 6.07) is -0.965. The van der Waals surface area contributed by atoms with Gasteiger partial charge in [0.2, 0.25) is 0 Å². The number of rotatable bonds is 7. The number of allylic oxidation sites excluding steroid dienone is 1. The van der Waals surface area contributed by atoms with Crippen molar-refractivity contribution in [2.75, 3.05) is 19.1 Å². The Kier molecular flexibility index (Phi) is 8.21. The van der Waals surface area contributed by atoms with Crippen LogP contribution in [0.2, 0.25) is 0 Å². The van der Waals surface area contributed by atoms with Crippen molar-refractivity contribution in [1.82, 2.24) is 5.32 Å². The predicted molar refractivity (Wildman–Crippen MR) is 104 cm³/mol. The number of alkyl carbamates (subject to hydrolysis) is 1. The summed E-state index contributed by atoms with van der Waals surface area (Å²) < 4.78 is 22.2. The minimum atomic E-state index is -3.04. The molecule has 0 saturated heterocycles. The molecule has 9 heteroatoms. The van der Waals surface area contributed by atoms with Crippen molar-refractivity contribution in [3.63, 3.8) is 0 Å². The van der Waals surface area contributed by atoms with Crippen molar-refractivity contribution in [2.24, 2.45) is 0 Å². The summed E-state index contributed by atoms with van der Waals surface area (Å²) in [5.74, 6) is -0.719. The Morgan fingerprint density at radius 3 is 2.29 bits per heavy atom. The zero-order valence-corrected chi connectivity index (χ0v) is 18.0. The second kappa shape index (κ2) is 8.50. The third-order valence-corrected chi connectivity index (χ3v) is 4.11. The molecule has 0 unspecified atom stereocenters. The number of carbonyl (C=O) groups excluding carboxylic acids is 2. The summed E-state index contributed by atoms with van der Waals surface area (Å²) >= 11 is 1.78. The Morgan fingerprint density at radius 1 is 1.33 bits per heavy atom. The molecule has 0 aliphatic heterocycles. The van der Waals surface area contributed by atoms with E-state index in [0.29, 0.717) is 0 Å². The highest BCUT2D eigenvalue weighted by atomic mass is 127. The van der Waals surface area contributed by atoms with Crippen LogP contribution in [0.1, 0.15) is 40.5 Å². The van der Waals surface area contributed by atoms with E-state index in [4.69, 9.17) is 9.47 Å². The monoisotopic (exact) mass is 477 g/mol. The second-order valence-corrected chi connectivity index (χ2v) is 18.5. The van der Waals surface area contributed by atoms with Gasteiger partial charge in [0.25, 0.3) is 0 Å². The molecule has 0 aliphatic carbocycles. The largest absolute Gasteiger partial charge is 0.512 e. The summed E-state index contributed by atoms with van der Waals surface area (Å²) in [7, 11) is 0. The van der Waals surface area contributed by atoms with Crippen LogP contribution in [-0.2, 0) is 20.5 Å². The molecule has 1 amide bonds. The second-order valence-electron chi connectivity index (χ2n) is 6.87. The molecule has 1 atom stereocenters. The Hall–Kier alpha value is -0.840. The average molecular weight is 477 g/mol. The third-order valence-electron chi connectivity index (χ3n) is 2.42. The molecule has 2 N–H and O–H groups in total. The minimum absolute atomic E-state index is 0.0680. The minimum Gasteiger partial charge on any atom is -0.512 e. The molecule has 0 radical (unpaired) electrons. The lowest BCUT2D eigenvalue weighted by Gasteiger charge is -2.23. The fourth-order valence-corrected chi connectivity index (χ4v) is 3.43. The number of aliphatic hydroxyl groups excluding tert-OH is 1. The molecular formula is C15H28INO6S. The van der Waals surface area contributed by atoms with Crippen LogP contribution in [0.15, 0.2) is 11.2 Å². The lowest BCUT2D eigenvalue weighted by molar-refractivity contribution is -0.145. The number of nitrogens with one attached hydrogen (secondary N) is 1. The van der Waals surface area contributed by atoms with Gasteiger partial charge in [-0.25, -0.2) is 9.59 Å². The molecule has 0 saturated carbocycles. The van der Waals surface area contributed by atoms with Gasteiger partial charge in [-0.1, -0.05) is 0 Å². The Balaban J connectivity index is 4.96. The fraction of sp³-hybridized carbons (Fsp3) is 0.733. The van der Waals surface area contributed by atoms with Crippen LogP contribution in [0.5, 0.6) is 0 Å². The Labute approximate surface area is 155 Å². The van der Waals surface area contributed by atoms with E-state index in [0.717, 1.165) is 0 Å². The highest BCUT2D eigenvalue weighted by molar-refractivity contribution is 14.2. The van der Waals surface area contributed by atoms with E-state index in [9.17, 15) is 18.9 Å². The summed E-state index contributed by atoms with van der Waals surface area (Å²) in [6.45, 7) is 6.95. The molecule has 0 aromatic carbocycles. The first-order valence-corrected chi connectivity index (χ1v) is 12.9. The van der Waals surface area contributed by atoms with E-state index in [1.165, 1.54) is 17.9 Å². The normalized spacial score (nSPS) is 15.8.